The molecule has 1 aromatic carbocycles. The highest BCUT2D eigenvalue weighted by Crippen LogP contribution is 2.31. The minimum absolute atomic E-state index is 0.424. The summed E-state index contributed by atoms with van der Waals surface area (Å²) in [6.45, 7) is 2.71. The van der Waals surface area contributed by atoms with Crippen molar-refractivity contribution in [1.29, 1.82) is 0 Å². The number of nitrogens with zero attached hydrogens (tertiary/aromatic N) is 2. The van der Waals surface area contributed by atoms with Crippen LogP contribution in [0.15, 0.2) is 30.3 Å². The highest BCUT2D eigenvalue weighted by atomic mass is 16.5. The standard InChI is InChI=1S/C17H21N3O/c18-17-13(10-12-4-1-2-5-14(12)19-17)11-20-8-9-21-16-7-3-6-15(16)20/h1-2,4-5,10,15-16H,3,6-9,11H2,(H2,18,19). The van der Waals surface area contributed by atoms with Gasteiger partial charge >= 0.3 is 0 Å². The zero-order chi connectivity index (χ0) is 14.2. The Morgan fingerprint density at radius 2 is 2.19 bits per heavy atom. The van der Waals surface area contributed by atoms with Gasteiger partial charge < -0.3 is 10.5 Å². The maximum atomic E-state index is 6.17. The molecule has 2 atom stereocenters. The Hall–Kier alpha value is -1.65. The molecule has 0 spiro atoms. The minimum Gasteiger partial charge on any atom is -0.383 e. The third kappa shape index (κ3) is 2.39. The molecule has 1 saturated carbocycles. The van der Waals surface area contributed by atoms with E-state index < -0.39 is 0 Å². The smallest absolute Gasteiger partial charge is 0.128 e. The molecule has 4 heteroatoms. The van der Waals surface area contributed by atoms with Crippen LogP contribution >= 0.6 is 0 Å². The lowest BCUT2D eigenvalue weighted by Gasteiger charge is -2.37. The van der Waals surface area contributed by atoms with E-state index in [9.17, 15) is 0 Å². The van der Waals surface area contributed by atoms with Crippen molar-refractivity contribution in [2.24, 2.45) is 0 Å². The van der Waals surface area contributed by atoms with Crippen molar-refractivity contribution < 1.29 is 4.74 Å². The van der Waals surface area contributed by atoms with Gasteiger partial charge in [0.2, 0.25) is 0 Å². The van der Waals surface area contributed by atoms with Crippen LogP contribution in [-0.2, 0) is 11.3 Å². The zero-order valence-electron chi connectivity index (χ0n) is 12.2. The average molecular weight is 283 g/mol. The van der Waals surface area contributed by atoms with E-state index >= 15 is 0 Å². The first-order valence-corrected chi connectivity index (χ1v) is 7.81. The molecule has 1 saturated heterocycles. The fourth-order valence-electron chi connectivity index (χ4n) is 3.72. The second-order valence-corrected chi connectivity index (χ2v) is 6.10. The summed E-state index contributed by atoms with van der Waals surface area (Å²) in [6, 6.07) is 10.9. The highest BCUT2D eigenvalue weighted by Gasteiger charge is 2.36. The number of para-hydroxylation sites is 1. The third-order valence-electron chi connectivity index (χ3n) is 4.81. The van der Waals surface area contributed by atoms with E-state index in [1.54, 1.807) is 0 Å². The van der Waals surface area contributed by atoms with E-state index in [4.69, 9.17) is 10.5 Å². The number of hydrogen-bond acceptors (Lipinski definition) is 4. The summed E-state index contributed by atoms with van der Waals surface area (Å²) in [4.78, 5) is 7.08. The first-order chi connectivity index (χ1) is 10.3. The number of rotatable bonds is 2. The van der Waals surface area contributed by atoms with Gasteiger partial charge in [-0.3, -0.25) is 4.90 Å². The average Bonchev–Trinajstić information content (AvgIpc) is 2.97. The van der Waals surface area contributed by atoms with Crippen LogP contribution < -0.4 is 5.73 Å². The number of anilines is 1. The first-order valence-electron chi connectivity index (χ1n) is 7.81. The van der Waals surface area contributed by atoms with Crippen LogP contribution in [-0.4, -0.2) is 35.2 Å². The van der Waals surface area contributed by atoms with Crippen molar-refractivity contribution in [2.45, 2.75) is 38.0 Å². The largest absolute Gasteiger partial charge is 0.383 e. The van der Waals surface area contributed by atoms with Crippen LogP contribution in [0.4, 0.5) is 5.82 Å². The summed E-state index contributed by atoms with van der Waals surface area (Å²) in [7, 11) is 0. The normalized spacial score (nSPS) is 26.1. The van der Waals surface area contributed by atoms with E-state index in [0.29, 0.717) is 18.0 Å². The van der Waals surface area contributed by atoms with Gasteiger partial charge in [0.25, 0.3) is 0 Å². The number of benzene rings is 1. The number of fused-ring (bicyclic) bond motifs is 2. The number of nitrogen functional groups attached to an aromatic ring is 1. The van der Waals surface area contributed by atoms with Crippen LogP contribution in [0.1, 0.15) is 24.8 Å². The molecule has 2 aliphatic rings. The van der Waals surface area contributed by atoms with E-state index in [2.05, 4.69) is 22.0 Å². The Bertz CT molecular complexity index is 658. The summed E-state index contributed by atoms with van der Waals surface area (Å²) in [6.07, 6.45) is 4.14. The lowest BCUT2D eigenvalue weighted by molar-refractivity contribution is -0.0587. The summed E-state index contributed by atoms with van der Waals surface area (Å²) in [5.41, 5.74) is 8.28. The van der Waals surface area contributed by atoms with E-state index in [-0.39, 0.29) is 0 Å². The molecule has 0 radical (unpaired) electrons. The van der Waals surface area contributed by atoms with Crippen LogP contribution in [0.2, 0.25) is 0 Å². The Morgan fingerprint density at radius 3 is 3.14 bits per heavy atom. The van der Waals surface area contributed by atoms with Crippen molar-refractivity contribution in [3.05, 3.63) is 35.9 Å². The molecule has 1 aromatic heterocycles. The van der Waals surface area contributed by atoms with Crippen LogP contribution in [0, 0.1) is 0 Å². The Kier molecular flexibility index (Phi) is 3.28. The van der Waals surface area contributed by atoms with E-state index in [1.807, 2.05) is 18.2 Å². The predicted octanol–water partition coefficient (Wildman–Crippen LogP) is 2.57. The van der Waals surface area contributed by atoms with E-state index in [0.717, 1.165) is 36.2 Å². The lowest BCUT2D eigenvalue weighted by atomic mass is 10.1. The number of pyridine rings is 1. The molecule has 2 fully saturated rings. The number of hydrogen-bond donors (Lipinski definition) is 1. The first kappa shape index (κ1) is 13.0. The second kappa shape index (κ2) is 5.28. The number of aromatic nitrogens is 1. The molecule has 21 heavy (non-hydrogen) atoms. The van der Waals surface area contributed by atoms with Gasteiger partial charge in [-0.2, -0.15) is 0 Å². The molecule has 110 valence electrons. The molecular weight excluding hydrogens is 262 g/mol. The van der Waals surface area contributed by atoms with Crippen LogP contribution in [0.25, 0.3) is 10.9 Å². The molecule has 4 rings (SSSR count). The van der Waals surface area contributed by atoms with Gasteiger partial charge in [-0.05, 0) is 31.4 Å². The molecule has 2 aromatic rings. The maximum absolute atomic E-state index is 6.17. The molecule has 1 aliphatic carbocycles. The Labute approximate surface area is 124 Å². The molecule has 4 nitrogen and oxygen atoms in total. The fraction of sp³-hybridized carbons (Fsp3) is 0.471. The summed E-state index contributed by atoms with van der Waals surface area (Å²) in [5, 5.41) is 1.16. The predicted molar refractivity (Wildman–Crippen MR) is 83.9 cm³/mol. The van der Waals surface area contributed by atoms with Crippen LogP contribution in [0.3, 0.4) is 0 Å². The minimum atomic E-state index is 0.424. The summed E-state index contributed by atoms with van der Waals surface area (Å²) >= 11 is 0. The topological polar surface area (TPSA) is 51.4 Å². The highest BCUT2D eigenvalue weighted by molar-refractivity contribution is 5.81. The van der Waals surface area contributed by atoms with E-state index in [1.165, 1.54) is 19.3 Å². The van der Waals surface area contributed by atoms with Crippen LogP contribution in [0.5, 0.6) is 0 Å². The van der Waals surface area contributed by atoms with Crippen molar-refractivity contribution >= 4 is 16.7 Å². The third-order valence-corrected chi connectivity index (χ3v) is 4.81. The summed E-state index contributed by atoms with van der Waals surface area (Å²) < 4.78 is 5.88. The van der Waals surface area contributed by atoms with Gasteiger partial charge in [-0.25, -0.2) is 4.98 Å². The fourth-order valence-corrected chi connectivity index (χ4v) is 3.72. The number of nitrogens with two attached hydrogens (primary N) is 1. The van der Waals surface area contributed by atoms with Gasteiger partial charge in [0.05, 0.1) is 18.2 Å². The second-order valence-electron chi connectivity index (χ2n) is 6.10. The van der Waals surface area contributed by atoms with Gasteiger partial charge in [-0.15, -0.1) is 0 Å². The lowest BCUT2D eigenvalue weighted by Crippen LogP contribution is -2.47. The van der Waals surface area contributed by atoms with Crippen molar-refractivity contribution in [2.75, 3.05) is 18.9 Å². The molecule has 1 aliphatic heterocycles. The van der Waals surface area contributed by atoms with Gasteiger partial charge in [0, 0.05) is 30.1 Å². The molecule has 2 N–H and O–H groups in total. The molecule has 2 unspecified atom stereocenters. The molecule has 0 amide bonds. The molecule has 2 heterocycles. The number of morpholine rings is 1. The van der Waals surface area contributed by atoms with Crippen molar-refractivity contribution in [3.63, 3.8) is 0 Å². The van der Waals surface area contributed by atoms with Gasteiger partial charge in [0.1, 0.15) is 5.82 Å². The van der Waals surface area contributed by atoms with Gasteiger partial charge in [0.15, 0.2) is 0 Å². The SMILES string of the molecule is Nc1nc2ccccc2cc1CN1CCOC2CCCC21. The summed E-state index contributed by atoms with van der Waals surface area (Å²) in [5.74, 6) is 0.662. The Balaban J connectivity index is 1.62. The Morgan fingerprint density at radius 1 is 1.29 bits per heavy atom. The molecular formula is C17H21N3O. The number of ether oxygens (including phenoxy) is 1. The monoisotopic (exact) mass is 283 g/mol. The quantitative estimate of drug-likeness (QED) is 0.920. The van der Waals surface area contributed by atoms with Gasteiger partial charge in [-0.1, -0.05) is 18.2 Å². The van der Waals surface area contributed by atoms with Crippen molar-refractivity contribution in [1.82, 2.24) is 9.88 Å². The zero-order valence-corrected chi connectivity index (χ0v) is 12.2. The maximum Gasteiger partial charge on any atom is 0.128 e. The molecule has 0 bridgehead atoms. The van der Waals surface area contributed by atoms with Crippen molar-refractivity contribution in [3.8, 4) is 0 Å².